The van der Waals surface area contributed by atoms with Crippen LogP contribution in [0.1, 0.15) is 36.3 Å². The monoisotopic (exact) mass is 420 g/mol. The number of rotatable bonds is 6. The van der Waals surface area contributed by atoms with Crippen LogP contribution in [0.5, 0.6) is 11.5 Å². The molecule has 31 heavy (non-hydrogen) atoms. The molecule has 1 saturated carbocycles. The van der Waals surface area contributed by atoms with Gasteiger partial charge in [-0.25, -0.2) is 0 Å². The van der Waals surface area contributed by atoms with Gasteiger partial charge in [-0.3, -0.25) is 9.69 Å². The van der Waals surface area contributed by atoms with Crippen LogP contribution in [0, 0.1) is 11.8 Å². The van der Waals surface area contributed by atoms with Crippen LogP contribution in [-0.2, 0) is 11.3 Å². The van der Waals surface area contributed by atoms with E-state index >= 15 is 0 Å². The van der Waals surface area contributed by atoms with Gasteiger partial charge in [0, 0.05) is 55.5 Å². The fourth-order valence-corrected chi connectivity index (χ4v) is 5.57. The summed E-state index contributed by atoms with van der Waals surface area (Å²) in [6.07, 6.45) is 3.17. The number of hydrogen-bond acceptors (Lipinski definition) is 4. The van der Waals surface area contributed by atoms with E-state index < -0.39 is 0 Å². The van der Waals surface area contributed by atoms with E-state index in [0.717, 1.165) is 56.9 Å². The predicted molar refractivity (Wildman–Crippen MR) is 120 cm³/mol. The average Bonchev–Trinajstić information content (AvgIpc) is 3.60. The number of hydrogen-bond donors (Lipinski definition) is 0. The van der Waals surface area contributed by atoms with Gasteiger partial charge >= 0.3 is 0 Å². The molecule has 5 heteroatoms. The van der Waals surface area contributed by atoms with Crippen molar-refractivity contribution in [2.45, 2.75) is 37.8 Å². The van der Waals surface area contributed by atoms with E-state index in [4.69, 9.17) is 9.47 Å². The second-order valence-electron chi connectivity index (χ2n) is 9.21. The van der Waals surface area contributed by atoms with Crippen LogP contribution >= 0.6 is 0 Å². The Labute approximate surface area is 184 Å². The second-order valence-corrected chi connectivity index (χ2v) is 9.21. The van der Waals surface area contributed by atoms with Crippen molar-refractivity contribution in [2.75, 3.05) is 33.9 Å². The molecule has 3 fully saturated rings. The lowest BCUT2D eigenvalue weighted by atomic mass is 9.81. The number of amides is 1. The summed E-state index contributed by atoms with van der Waals surface area (Å²) in [4.78, 5) is 17.9. The van der Waals surface area contributed by atoms with Crippen molar-refractivity contribution in [3.05, 3.63) is 59.7 Å². The quantitative estimate of drug-likeness (QED) is 0.710. The molecule has 2 aromatic carbocycles. The van der Waals surface area contributed by atoms with Gasteiger partial charge in [-0.2, -0.15) is 0 Å². The van der Waals surface area contributed by atoms with Crippen LogP contribution in [-0.4, -0.2) is 55.6 Å². The van der Waals surface area contributed by atoms with Gasteiger partial charge in [0.1, 0.15) is 11.5 Å². The highest BCUT2D eigenvalue weighted by molar-refractivity contribution is 5.82. The van der Waals surface area contributed by atoms with Gasteiger partial charge in [-0.05, 0) is 43.0 Å². The highest BCUT2D eigenvalue weighted by Gasteiger charge is 2.49. The molecular weight excluding hydrogens is 388 g/mol. The molecule has 3 aliphatic rings. The zero-order chi connectivity index (χ0) is 21.4. The van der Waals surface area contributed by atoms with E-state index in [2.05, 4.69) is 40.1 Å². The van der Waals surface area contributed by atoms with Crippen LogP contribution in [0.25, 0.3) is 0 Å². The zero-order valence-corrected chi connectivity index (χ0v) is 18.5. The predicted octanol–water partition coefficient (Wildman–Crippen LogP) is 3.93. The van der Waals surface area contributed by atoms with Crippen molar-refractivity contribution in [3.8, 4) is 11.5 Å². The number of fused-ring (bicyclic) bond motifs is 1. The topological polar surface area (TPSA) is 42.0 Å². The largest absolute Gasteiger partial charge is 0.497 e. The molecule has 0 aromatic heterocycles. The fourth-order valence-electron chi connectivity index (χ4n) is 5.57. The van der Waals surface area contributed by atoms with Gasteiger partial charge in [-0.15, -0.1) is 0 Å². The normalized spacial score (nSPS) is 25.9. The second kappa shape index (κ2) is 8.54. The van der Waals surface area contributed by atoms with E-state index in [0.29, 0.717) is 23.8 Å². The van der Waals surface area contributed by atoms with Crippen molar-refractivity contribution in [3.63, 3.8) is 0 Å². The lowest BCUT2D eigenvalue weighted by Crippen LogP contribution is -2.48. The van der Waals surface area contributed by atoms with Crippen molar-refractivity contribution in [2.24, 2.45) is 11.8 Å². The van der Waals surface area contributed by atoms with Crippen molar-refractivity contribution >= 4 is 5.91 Å². The molecule has 2 saturated heterocycles. The Bertz CT molecular complexity index is 942. The molecule has 0 N–H and O–H groups in total. The van der Waals surface area contributed by atoms with Crippen LogP contribution in [0.3, 0.4) is 0 Å². The number of methoxy groups -OCH3 is 2. The molecule has 5 nitrogen and oxygen atoms in total. The van der Waals surface area contributed by atoms with Crippen molar-refractivity contribution in [1.29, 1.82) is 0 Å². The Kier molecular flexibility index (Phi) is 5.61. The smallest absolute Gasteiger partial charge is 0.225 e. The Morgan fingerprint density at radius 2 is 1.84 bits per heavy atom. The van der Waals surface area contributed by atoms with Gasteiger partial charge < -0.3 is 14.4 Å². The van der Waals surface area contributed by atoms with Gasteiger partial charge in [0.25, 0.3) is 0 Å². The molecule has 1 aliphatic carbocycles. The van der Waals surface area contributed by atoms with Gasteiger partial charge in [-0.1, -0.05) is 30.3 Å². The number of para-hydroxylation sites is 1. The molecule has 0 unspecified atom stereocenters. The van der Waals surface area contributed by atoms with Gasteiger partial charge in [0.05, 0.1) is 14.2 Å². The van der Waals surface area contributed by atoms with E-state index in [1.54, 1.807) is 14.2 Å². The van der Waals surface area contributed by atoms with E-state index in [1.165, 1.54) is 11.1 Å². The summed E-state index contributed by atoms with van der Waals surface area (Å²) in [6, 6.07) is 17.1. The summed E-state index contributed by atoms with van der Waals surface area (Å²) in [5.41, 5.74) is 2.52. The maximum atomic E-state index is 13.1. The molecule has 2 heterocycles. The molecule has 0 bridgehead atoms. The SMILES string of the molecule is COc1cccc([C@H]2CN(C(=O)C3CC3)[C@@H]3CCN(Cc4ccccc4OC)C[C@H]23)c1. The van der Waals surface area contributed by atoms with Crippen LogP contribution in [0.2, 0.25) is 0 Å². The van der Waals surface area contributed by atoms with Crippen molar-refractivity contribution in [1.82, 2.24) is 9.80 Å². The summed E-state index contributed by atoms with van der Waals surface area (Å²) in [7, 11) is 3.46. The Balaban J connectivity index is 1.39. The molecule has 164 valence electrons. The lowest BCUT2D eigenvalue weighted by molar-refractivity contribution is -0.134. The maximum Gasteiger partial charge on any atom is 0.225 e. The molecule has 3 atom stereocenters. The molecule has 0 spiro atoms. The first-order valence-electron chi connectivity index (χ1n) is 11.5. The number of likely N-dealkylation sites (tertiary alicyclic amines) is 2. The minimum Gasteiger partial charge on any atom is -0.497 e. The van der Waals surface area contributed by atoms with Crippen molar-refractivity contribution < 1.29 is 14.3 Å². The molecule has 5 rings (SSSR count). The van der Waals surface area contributed by atoms with Crippen LogP contribution < -0.4 is 9.47 Å². The lowest BCUT2D eigenvalue weighted by Gasteiger charge is -2.39. The number of carbonyl (C=O) groups is 1. The van der Waals surface area contributed by atoms with E-state index in [9.17, 15) is 4.79 Å². The molecular formula is C26H32N2O3. The molecule has 2 aliphatic heterocycles. The van der Waals surface area contributed by atoms with Crippen LogP contribution in [0.15, 0.2) is 48.5 Å². The number of nitrogens with zero attached hydrogens (tertiary/aromatic N) is 2. The minimum atomic E-state index is 0.274. The number of ether oxygens (including phenoxy) is 2. The summed E-state index contributed by atoms with van der Waals surface area (Å²) in [6.45, 7) is 3.73. The third-order valence-electron chi connectivity index (χ3n) is 7.33. The van der Waals surface area contributed by atoms with E-state index in [-0.39, 0.29) is 5.92 Å². The molecule has 0 radical (unpaired) electrons. The number of piperidine rings is 1. The average molecular weight is 421 g/mol. The maximum absolute atomic E-state index is 13.1. The Morgan fingerprint density at radius 1 is 1.00 bits per heavy atom. The first kappa shape index (κ1) is 20.4. The first-order valence-corrected chi connectivity index (χ1v) is 11.5. The summed E-state index contributed by atoms with van der Waals surface area (Å²) >= 11 is 0. The van der Waals surface area contributed by atoms with E-state index in [1.807, 2.05) is 18.2 Å². The molecule has 2 aromatic rings. The summed E-state index contributed by atoms with van der Waals surface area (Å²) < 4.78 is 11.1. The minimum absolute atomic E-state index is 0.274. The third-order valence-corrected chi connectivity index (χ3v) is 7.33. The van der Waals surface area contributed by atoms with Crippen LogP contribution in [0.4, 0.5) is 0 Å². The van der Waals surface area contributed by atoms with Gasteiger partial charge in [0.2, 0.25) is 5.91 Å². The zero-order valence-electron chi connectivity index (χ0n) is 18.5. The Morgan fingerprint density at radius 3 is 2.61 bits per heavy atom. The first-order chi connectivity index (χ1) is 15.2. The highest BCUT2D eigenvalue weighted by Crippen LogP contribution is 2.45. The third kappa shape index (κ3) is 4.03. The number of benzene rings is 2. The summed E-state index contributed by atoms with van der Waals surface area (Å²) in [5, 5.41) is 0. The highest BCUT2D eigenvalue weighted by atomic mass is 16.5. The standard InChI is InChI=1S/C26H32N2O3/c1-30-21-8-5-7-19(14-21)22-17-28(26(29)18-10-11-18)24-12-13-27(16-23(22)24)15-20-6-3-4-9-25(20)31-2/h3-9,14,18,22-24H,10-13,15-17H2,1-2H3/t22-,23-,24-/m1/s1. The Hall–Kier alpha value is -2.53. The van der Waals surface area contributed by atoms with Gasteiger partial charge in [0.15, 0.2) is 0 Å². The fraction of sp³-hybridized carbons (Fsp3) is 0.500. The molecule has 1 amide bonds. The number of carbonyl (C=O) groups excluding carboxylic acids is 1. The summed E-state index contributed by atoms with van der Waals surface area (Å²) in [5.74, 6) is 3.30.